The monoisotopic (exact) mass is 407 g/mol. The second-order valence-electron chi connectivity index (χ2n) is 6.27. The van der Waals surface area contributed by atoms with E-state index in [-0.39, 0.29) is 0 Å². The van der Waals surface area contributed by atoms with Gasteiger partial charge in [0.05, 0.1) is 18.7 Å². The molecule has 0 unspecified atom stereocenters. The van der Waals surface area contributed by atoms with Crippen LogP contribution in [0.3, 0.4) is 0 Å². The fourth-order valence-electron chi connectivity index (χ4n) is 2.77. The Bertz CT molecular complexity index is 1000. The lowest BCUT2D eigenvalue weighted by Gasteiger charge is -2.15. The predicted molar refractivity (Wildman–Crippen MR) is 117 cm³/mol. The third kappa shape index (κ3) is 5.60. The van der Waals surface area contributed by atoms with Gasteiger partial charge in [-0.1, -0.05) is 5.92 Å². The molecule has 1 N–H and O–H groups in total. The lowest BCUT2D eigenvalue weighted by molar-refractivity contribution is 0.106. The van der Waals surface area contributed by atoms with Gasteiger partial charge in [-0.3, -0.25) is 0 Å². The Balaban J connectivity index is 1.90. The van der Waals surface area contributed by atoms with Gasteiger partial charge in [0, 0.05) is 36.4 Å². The first kappa shape index (κ1) is 21.4. The van der Waals surface area contributed by atoms with Gasteiger partial charge in [0.2, 0.25) is 0 Å². The molecule has 0 radical (unpaired) electrons. The molecule has 3 aromatic rings. The van der Waals surface area contributed by atoms with E-state index in [4.69, 9.17) is 25.4 Å². The molecule has 0 spiro atoms. The van der Waals surface area contributed by atoms with E-state index >= 15 is 0 Å². The van der Waals surface area contributed by atoms with Gasteiger partial charge in [0.15, 0.2) is 11.5 Å². The molecule has 156 valence electrons. The number of anilines is 2. The maximum absolute atomic E-state index is 5.92. The highest BCUT2D eigenvalue weighted by molar-refractivity contribution is 5.93. The summed E-state index contributed by atoms with van der Waals surface area (Å²) in [6.45, 7) is 4.36. The molecule has 0 fully saturated rings. The van der Waals surface area contributed by atoms with Crippen molar-refractivity contribution < 1.29 is 18.9 Å². The Morgan fingerprint density at radius 1 is 0.967 bits per heavy atom. The molecule has 0 bridgehead atoms. The van der Waals surface area contributed by atoms with E-state index in [2.05, 4.69) is 21.2 Å². The third-order valence-electron chi connectivity index (χ3n) is 4.25. The number of nitrogens with zero attached hydrogens (tertiary/aromatic N) is 2. The number of terminal acetylenes is 1. The van der Waals surface area contributed by atoms with Crippen LogP contribution in [0.2, 0.25) is 0 Å². The maximum atomic E-state index is 5.92. The number of benzene rings is 2. The second kappa shape index (κ2) is 11.0. The first-order valence-corrected chi connectivity index (χ1v) is 9.70. The lowest BCUT2D eigenvalue weighted by atomic mass is 10.2. The van der Waals surface area contributed by atoms with Crippen LogP contribution in [0.1, 0.15) is 12.5 Å². The van der Waals surface area contributed by atoms with Crippen molar-refractivity contribution in [3.8, 4) is 23.8 Å². The number of ether oxygens (including phenoxy) is 4. The van der Waals surface area contributed by atoms with Crippen molar-refractivity contribution in [3.63, 3.8) is 0 Å². The number of hydrogen-bond donors (Lipinski definition) is 1. The van der Waals surface area contributed by atoms with Crippen LogP contribution in [0.4, 0.5) is 11.5 Å². The molecule has 30 heavy (non-hydrogen) atoms. The number of methoxy groups -OCH3 is 1. The summed E-state index contributed by atoms with van der Waals surface area (Å²) in [7, 11) is 1.63. The molecule has 1 aromatic heterocycles. The zero-order chi connectivity index (χ0) is 21.2. The molecule has 2 aromatic carbocycles. The minimum absolute atomic E-state index is 0.404. The molecule has 3 rings (SSSR count). The van der Waals surface area contributed by atoms with Crippen LogP contribution in [0, 0.1) is 12.3 Å². The van der Waals surface area contributed by atoms with E-state index in [0.29, 0.717) is 50.4 Å². The zero-order valence-corrected chi connectivity index (χ0v) is 17.2. The number of hydrogen-bond acceptors (Lipinski definition) is 7. The average molecular weight is 407 g/mol. The summed E-state index contributed by atoms with van der Waals surface area (Å²) < 4.78 is 22.2. The summed E-state index contributed by atoms with van der Waals surface area (Å²) in [6.07, 6.45) is 6.94. The Morgan fingerprint density at radius 3 is 2.40 bits per heavy atom. The summed E-state index contributed by atoms with van der Waals surface area (Å²) >= 11 is 0. The second-order valence-corrected chi connectivity index (χ2v) is 6.27. The standard InChI is InChI=1S/C23H25N3O4/c1-4-17-6-8-18(9-7-17)26-23-19-14-21(30-13-11-28-5-2)22(29-12-10-27-3)15-20(19)24-16-25-23/h1,6-9,14-16H,5,10-13H2,2-3H3,(H,24,25,26). The Labute approximate surface area is 176 Å². The van der Waals surface area contributed by atoms with Crippen LogP contribution in [-0.2, 0) is 9.47 Å². The first-order chi connectivity index (χ1) is 14.7. The number of rotatable bonds is 11. The van der Waals surface area contributed by atoms with Gasteiger partial charge >= 0.3 is 0 Å². The molecule has 0 amide bonds. The summed E-state index contributed by atoms with van der Waals surface area (Å²) in [6, 6.07) is 11.3. The number of aromatic nitrogens is 2. The third-order valence-corrected chi connectivity index (χ3v) is 4.25. The van der Waals surface area contributed by atoms with Crippen LogP contribution in [0.5, 0.6) is 11.5 Å². The molecule has 1 heterocycles. The molecular weight excluding hydrogens is 382 g/mol. The van der Waals surface area contributed by atoms with E-state index < -0.39 is 0 Å². The summed E-state index contributed by atoms with van der Waals surface area (Å²) in [5.74, 6) is 4.46. The smallest absolute Gasteiger partial charge is 0.163 e. The molecular formula is C23H25N3O4. The van der Waals surface area contributed by atoms with Crippen LogP contribution in [-0.4, -0.2) is 50.1 Å². The molecule has 0 aliphatic heterocycles. The highest BCUT2D eigenvalue weighted by atomic mass is 16.5. The van der Waals surface area contributed by atoms with Crippen LogP contribution < -0.4 is 14.8 Å². The molecule has 0 aliphatic rings. The van der Waals surface area contributed by atoms with E-state index in [1.54, 1.807) is 7.11 Å². The summed E-state index contributed by atoms with van der Waals surface area (Å²) in [5.41, 5.74) is 2.42. The van der Waals surface area contributed by atoms with E-state index in [1.807, 2.05) is 43.3 Å². The van der Waals surface area contributed by atoms with E-state index in [0.717, 1.165) is 22.2 Å². The molecule has 0 saturated heterocycles. The fourth-order valence-corrected chi connectivity index (χ4v) is 2.77. The molecule has 7 heteroatoms. The highest BCUT2D eigenvalue weighted by Crippen LogP contribution is 2.35. The normalized spacial score (nSPS) is 10.6. The number of fused-ring (bicyclic) bond motifs is 1. The van der Waals surface area contributed by atoms with Gasteiger partial charge in [-0.15, -0.1) is 6.42 Å². The predicted octanol–water partition coefficient (Wildman–Crippen LogP) is 3.80. The Morgan fingerprint density at radius 2 is 1.70 bits per heavy atom. The minimum Gasteiger partial charge on any atom is -0.487 e. The maximum Gasteiger partial charge on any atom is 0.163 e. The molecule has 7 nitrogen and oxygen atoms in total. The van der Waals surface area contributed by atoms with E-state index in [1.165, 1.54) is 6.33 Å². The van der Waals surface area contributed by atoms with Crippen molar-refractivity contribution >= 4 is 22.4 Å². The van der Waals surface area contributed by atoms with Crippen LogP contribution in [0.15, 0.2) is 42.7 Å². The average Bonchev–Trinajstić information content (AvgIpc) is 2.78. The van der Waals surface area contributed by atoms with Crippen molar-refractivity contribution in [2.75, 3.05) is 45.5 Å². The minimum atomic E-state index is 0.404. The SMILES string of the molecule is C#Cc1ccc(Nc2ncnc3cc(OCCOC)c(OCCOCC)cc23)cc1. The summed E-state index contributed by atoms with van der Waals surface area (Å²) in [4.78, 5) is 8.78. The largest absolute Gasteiger partial charge is 0.487 e. The van der Waals surface area contributed by atoms with Gasteiger partial charge in [0.1, 0.15) is 25.4 Å². The first-order valence-electron chi connectivity index (χ1n) is 9.70. The van der Waals surface area contributed by atoms with Gasteiger partial charge in [-0.05, 0) is 37.3 Å². The van der Waals surface area contributed by atoms with E-state index in [9.17, 15) is 0 Å². The molecule has 0 aliphatic carbocycles. The van der Waals surface area contributed by atoms with Crippen molar-refractivity contribution in [2.45, 2.75) is 6.92 Å². The van der Waals surface area contributed by atoms with Gasteiger partial charge in [-0.25, -0.2) is 9.97 Å². The van der Waals surface area contributed by atoms with Gasteiger partial charge in [0.25, 0.3) is 0 Å². The van der Waals surface area contributed by atoms with Gasteiger partial charge < -0.3 is 24.3 Å². The van der Waals surface area contributed by atoms with Crippen LogP contribution >= 0.6 is 0 Å². The lowest BCUT2D eigenvalue weighted by Crippen LogP contribution is -2.09. The number of nitrogens with one attached hydrogen (secondary N) is 1. The Hall–Kier alpha value is -3.34. The quantitative estimate of drug-likeness (QED) is 0.383. The van der Waals surface area contributed by atoms with Crippen molar-refractivity contribution in [2.24, 2.45) is 0 Å². The summed E-state index contributed by atoms with van der Waals surface area (Å²) in [5, 5.41) is 4.12. The van der Waals surface area contributed by atoms with Crippen molar-refractivity contribution in [3.05, 3.63) is 48.3 Å². The van der Waals surface area contributed by atoms with Crippen molar-refractivity contribution in [1.29, 1.82) is 0 Å². The Kier molecular flexibility index (Phi) is 7.84. The highest BCUT2D eigenvalue weighted by Gasteiger charge is 2.13. The van der Waals surface area contributed by atoms with Crippen molar-refractivity contribution in [1.82, 2.24) is 9.97 Å². The molecule has 0 saturated carbocycles. The molecule has 0 atom stereocenters. The topological polar surface area (TPSA) is 74.7 Å². The van der Waals surface area contributed by atoms with Gasteiger partial charge in [-0.2, -0.15) is 0 Å². The fraction of sp³-hybridized carbons (Fsp3) is 0.304. The zero-order valence-electron chi connectivity index (χ0n) is 17.2. The van der Waals surface area contributed by atoms with Crippen LogP contribution in [0.25, 0.3) is 10.9 Å².